The van der Waals surface area contributed by atoms with Gasteiger partial charge in [0.2, 0.25) is 0 Å². The fraction of sp³-hybridized carbons (Fsp3) is 0.200. The number of carbonyl (C=O) groups excluding carboxylic acids is 1. The fourth-order valence-corrected chi connectivity index (χ4v) is 1.93. The zero-order valence-corrected chi connectivity index (χ0v) is 11.0. The maximum Gasteiger partial charge on any atom is 0.417 e. The summed E-state index contributed by atoms with van der Waals surface area (Å²) in [6.07, 6.45) is -4.65. The molecule has 1 aromatic rings. The molecule has 17 heavy (non-hydrogen) atoms. The standard InChI is InChI=1S/C10H4ClF3INO/c11-3-9(17)6-1-5(4-16)8(15)2-7(6)10(12,13)14/h1-2H,3H2. The quantitative estimate of drug-likeness (QED) is 0.451. The average molecular weight is 373 g/mol. The molecule has 0 unspecified atom stereocenters. The third-order valence-electron chi connectivity index (χ3n) is 1.95. The van der Waals surface area contributed by atoms with E-state index in [0.717, 1.165) is 12.1 Å². The van der Waals surface area contributed by atoms with Gasteiger partial charge in [-0.25, -0.2) is 0 Å². The molecule has 0 aromatic heterocycles. The number of halogens is 5. The molecule has 1 rings (SSSR count). The molecular weight excluding hydrogens is 369 g/mol. The third kappa shape index (κ3) is 3.10. The molecule has 0 saturated carbocycles. The van der Waals surface area contributed by atoms with Crippen molar-refractivity contribution >= 4 is 40.0 Å². The van der Waals surface area contributed by atoms with Crippen LogP contribution in [0.2, 0.25) is 0 Å². The molecule has 0 aliphatic rings. The van der Waals surface area contributed by atoms with Gasteiger partial charge in [-0.05, 0) is 34.7 Å². The van der Waals surface area contributed by atoms with Crippen molar-refractivity contribution in [3.05, 3.63) is 32.4 Å². The molecule has 0 spiro atoms. The van der Waals surface area contributed by atoms with E-state index in [9.17, 15) is 18.0 Å². The Kier molecular flexibility index (Phi) is 4.38. The van der Waals surface area contributed by atoms with Gasteiger partial charge in [-0.2, -0.15) is 18.4 Å². The molecule has 90 valence electrons. The van der Waals surface area contributed by atoms with Gasteiger partial charge in [0.15, 0.2) is 5.78 Å². The van der Waals surface area contributed by atoms with E-state index < -0.39 is 29.0 Å². The molecule has 0 aliphatic heterocycles. The molecule has 0 aliphatic carbocycles. The molecular formula is C10H4ClF3INO. The predicted octanol–water partition coefficient (Wildman–Crippen LogP) is 3.60. The average Bonchev–Trinajstić information content (AvgIpc) is 2.26. The number of rotatable bonds is 2. The summed E-state index contributed by atoms with van der Waals surface area (Å²) in [7, 11) is 0. The van der Waals surface area contributed by atoms with E-state index in [4.69, 9.17) is 16.9 Å². The van der Waals surface area contributed by atoms with Crippen molar-refractivity contribution in [2.75, 3.05) is 5.88 Å². The van der Waals surface area contributed by atoms with Gasteiger partial charge in [0.05, 0.1) is 17.0 Å². The Hall–Kier alpha value is -0.810. The Bertz CT molecular complexity index is 507. The molecule has 2 nitrogen and oxygen atoms in total. The number of nitrogens with zero attached hydrogens (tertiary/aromatic N) is 1. The first-order chi connectivity index (χ1) is 7.81. The summed E-state index contributed by atoms with van der Waals surface area (Å²) in [5, 5.41) is 8.71. The van der Waals surface area contributed by atoms with Crippen LogP contribution in [0.15, 0.2) is 12.1 Å². The first-order valence-electron chi connectivity index (χ1n) is 4.21. The second kappa shape index (κ2) is 5.23. The van der Waals surface area contributed by atoms with Crippen molar-refractivity contribution in [1.29, 1.82) is 5.26 Å². The first kappa shape index (κ1) is 14.3. The molecule has 1 aromatic carbocycles. The van der Waals surface area contributed by atoms with Gasteiger partial charge in [-0.1, -0.05) is 0 Å². The maximum absolute atomic E-state index is 12.7. The van der Waals surface area contributed by atoms with Gasteiger partial charge in [0.25, 0.3) is 0 Å². The SMILES string of the molecule is N#Cc1cc(C(=O)CCl)c(C(F)(F)F)cc1I. The van der Waals surface area contributed by atoms with E-state index in [1.165, 1.54) is 0 Å². The second-order valence-corrected chi connectivity index (χ2v) is 4.47. The zero-order chi connectivity index (χ0) is 13.2. The van der Waals surface area contributed by atoms with Crippen LogP contribution in [0.25, 0.3) is 0 Å². The van der Waals surface area contributed by atoms with Crippen LogP contribution in [0.4, 0.5) is 13.2 Å². The maximum atomic E-state index is 12.7. The molecule has 0 bridgehead atoms. The monoisotopic (exact) mass is 373 g/mol. The summed E-state index contributed by atoms with van der Waals surface area (Å²) in [6, 6.07) is 3.43. The predicted molar refractivity (Wildman–Crippen MR) is 63.9 cm³/mol. The van der Waals surface area contributed by atoms with Gasteiger partial charge in [0, 0.05) is 9.13 Å². The van der Waals surface area contributed by atoms with Gasteiger partial charge in [-0.15, -0.1) is 11.6 Å². The van der Waals surface area contributed by atoms with E-state index in [2.05, 4.69) is 0 Å². The van der Waals surface area contributed by atoms with Crippen molar-refractivity contribution in [3.8, 4) is 6.07 Å². The summed E-state index contributed by atoms with van der Waals surface area (Å²) < 4.78 is 38.2. The van der Waals surface area contributed by atoms with Crippen LogP contribution in [-0.4, -0.2) is 11.7 Å². The lowest BCUT2D eigenvalue weighted by atomic mass is 10.0. The Balaban J connectivity index is 3.54. The number of nitriles is 1. The number of hydrogen-bond acceptors (Lipinski definition) is 2. The van der Waals surface area contributed by atoms with Crippen LogP contribution in [0.1, 0.15) is 21.5 Å². The topological polar surface area (TPSA) is 40.9 Å². The minimum atomic E-state index is -4.65. The van der Waals surface area contributed by atoms with Crippen LogP contribution in [0.5, 0.6) is 0 Å². The molecule has 7 heteroatoms. The first-order valence-corrected chi connectivity index (χ1v) is 5.82. The normalized spacial score (nSPS) is 11.1. The fourth-order valence-electron chi connectivity index (χ4n) is 1.20. The molecule has 0 fully saturated rings. The Labute approximate surface area is 114 Å². The van der Waals surface area contributed by atoms with E-state index >= 15 is 0 Å². The van der Waals surface area contributed by atoms with E-state index in [-0.39, 0.29) is 9.13 Å². The largest absolute Gasteiger partial charge is 0.417 e. The Morgan fingerprint density at radius 3 is 2.47 bits per heavy atom. The van der Waals surface area contributed by atoms with Gasteiger partial charge >= 0.3 is 6.18 Å². The highest BCUT2D eigenvalue weighted by Gasteiger charge is 2.35. The Morgan fingerprint density at radius 1 is 1.47 bits per heavy atom. The van der Waals surface area contributed by atoms with Crippen LogP contribution < -0.4 is 0 Å². The molecule has 0 radical (unpaired) electrons. The number of ketones is 1. The van der Waals surface area contributed by atoms with Crippen molar-refractivity contribution < 1.29 is 18.0 Å². The summed E-state index contributed by atoms with van der Waals surface area (Å²) >= 11 is 6.85. The summed E-state index contributed by atoms with van der Waals surface area (Å²) in [4.78, 5) is 11.3. The van der Waals surface area contributed by atoms with Crippen molar-refractivity contribution in [2.45, 2.75) is 6.18 Å². The number of Topliss-reactive ketones (excluding diaryl/α,β-unsaturated/α-hetero) is 1. The van der Waals surface area contributed by atoms with Gasteiger partial charge in [0.1, 0.15) is 6.07 Å². The van der Waals surface area contributed by atoms with Gasteiger partial charge in [-0.3, -0.25) is 4.79 Å². The van der Waals surface area contributed by atoms with Crippen molar-refractivity contribution in [3.63, 3.8) is 0 Å². The number of benzene rings is 1. The van der Waals surface area contributed by atoms with Crippen LogP contribution >= 0.6 is 34.2 Å². The number of carbonyl (C=O) groups is 1. The lowest BCUT2D eigenvalue weighted by molar-refractivity contribution is -0.137. The van der Waals surface area contributed by atoms with E-state index in [0.29, 0.717) is 0 Å². The Morgan fingerprint density at radius 2 is 2.06 bits per heavy atom. The third-order valence-corrected chi connectivity index (χ3v) is 3.09. The minimum absolute atomic E-state index is 0.0204. The molecule has 0 heterocycles. The van der Waals surface area contributed by atoms with E-state index in [1.807, 2.05) is 0 Å². The lowest BCUT2D eigenvalue weighted by Crippen LogP contribution is -2.15. The summed E-state index contributed by atoms with van der Waals surface area (Å²) in [5.41, 5.74) is -1.61. The highest BCUT2D eigenvalue weighted by molar-refractivity contribution is 14.1. The highest BCUT2D eigenvalue weighted by atomic mass is 127. The lowest BCUT2D eigenvalue weighted by Gasteiger charge is -2.12. The molecule has 0 saturated heterocycles. The molecule has 0 N–H and O–H groups in total. The second-order valence-electron chi connectivity index (χ2n) is 3.04. The van der Waals surface area contributed by atoms with Gasteiger partial charge < -0.3 is 0 Å². The van der Waals surface area contributed by atoms with Crippen molar-refractivity contribution in [1.82, 2.24) is 0 Å². The zero-order valence-electron chi connectivity index (χ0n) is 8.11. The summed E-state index contributed by atoms with van der Waals surface area (Å²) in [5.74, 6) is -1.42. The van der Waals surface area contributed by atoms with E-state index in [1.54, 1.807) is 28.7 Å². The summed E-state index contributed by atoms with van der Waals surface area (Å²) in [6.45, 7) is 0. The smallest absolute Gasteiger partial charge is 0.293 e. The molecule has 0 atom stereocenters. The van der Waals surface area contributed by atoms with Crippen molar-refractivity contribution in [2.24, 2.45) is 0 Å². The number of hydrogen-bond donors (Lipinski definition) is 0. The van der Waals surface area contributed by atoms with Crippen LogP contribution in [-0.2, 0) is 6.18 Å². The highest BCUT2D eigenvalue weighted by Crippen LogP contribution is 2.34. The van der Waals surface area contributed by atoms with Crippen LogP contribution in [0.3, 0.4) is 0 Å². The molecule has 0 amide bonds. The van der Waals surface area contributed by atoms with Crippen LogP contribution in [0, 0.1) is 14.9 Å². The number of alkyl halides is 4. The minimum Gasteiger partial charge on any atom is -0.293 e.